The van der Waals surface area contributed by atoms with Crippen molar-refractivity contribution in [3.05, 3.63) is 29.8 Å². The molecule has 0 saturated carbocycles. The fraction of sp³-hybridized carbons (Fsp3) is 0.417. The molecule has 0 saturated heterocycles. The van der Waals surface area contributed by atoms with Crippen LogP contribution in [-0.4, -0.2) is 12.5 Å². The highest BCUT2D eigenvalue weighted by molar-refractivity contribution is 5.94. The average Bonchev–Trinajstić information content (AvgIpc) is 2.29. The summed E-state index contributed by atoms with van der Waals surface area (Å²) < 4.78 is 0. The second-order valence-electron chi connectivity index (χ2n) is 3.85. The van der Waals surface area contributed by atoms with Crippen LogP contribution in [0.1, 0.15) is 31.4 Å². The summed E-state index contributed by atoms with van der Waals surface area (Å²) in [6, 6.07) is 7.98. The van der Waals surface area contributed by atoms with Crippen LogP contribution in [0, 0.1) is 0 Å². The lowest BCUT2D eigenvalue weighted by molar-refractivity contribution is -0.118. The van der Waals surface area contributed by atoms with Gasteiger partial charge in [0.15, 0.2) is 0 Å². The van der Waals surface area contributed by atoms with E-state index >= 15 is 0 Å². The van der Waals surface area contributed by atoms with E-state index in [4.69, 9.17) is 5.73 Å². The van der Waals surface area contributed by atoms with Crippen molar-refractivity contribution in [3.8, 4) is 0 Å². The van der Waals surface area contributed by atoms with E-state index in [-0.39, 0.29) is 11.9 Å². The van der Waals surface area contributed by atoms with Gasteiger partial charge in [-0.25, -0.2) is 0 Å². The molecular formula is C12H16N2O. The molecule has 1 heterocycles. The first-order valence-electron chi connectivity index (χ1n) is 5.39. The van der Waals surface area contributed by atoms with E-state index in [1.54, 1.807) is 0 Å². The van der Waals surface area contributed by atoms with Gasteiger partial charge in [-0.05, 0) is 18.1 Å². The van der Waals surface area contributed by atoms with Crippen LogP contribution in [0.15, 0.2) is 24.3 Å². The van der Waals surface area contributed by atoms with Crippen LogP contribution < -0.4 is 10.6 Å². The highest BCUT2D eigenvalue weighted by atomic mass is 16.2. The van der Waals surface area contributed by atoms with E-state index in [1.165, 1.54) is 0 Å². The minimum absolute atomic E-state index is 0.0714. The number of carbonyl (C=O) groups is 1. The molecule has 1 aliphatic rings. The van der Waals surface area contributed by atoms with Gasteiger partial charge >= 0.3 is 0 Å². The normalized spacial score (nSPS) is 19.9. The number of amides is 1. The summed E-state index contributed by atoms with van der Waals surface area (Å²) in [5.74, 6) is 0.175. The number of nitrogens with zero attached hydrogens (tertiary/aromatic N) is 1. The number of fused-ring (bicyclic) bond motifs is 1. The Morgan fingerprint density at radius 3 is 3.00 bits per heavy atom. The monoisotopic (exact) mass is 204 g/mol. The second-order valence-corrected chi connectivity index (χ2v) is 3.85. The van der Waals surface area contributed by atoms with E-state index in [2.05, 4.69) is 0 Å². The second kappa shape index (κ2) is 4.03. The largest absolute Gasteiger partial charge is 0.324 e. The fourth-order valence-electron chi connectivity index (χ4n) is 2.04. The van der Waals surface area contributed by atoms with Gasteiger partial charge in [-0.3, -0.25) is 4.79 Å². The van der Waals surface area contributed by atoms with Gasteiger partial charge in [0.2, 0.25) is 5.91 Å². The maximum absolute atomic E-state index is 11.7. The molecule has 15 heavy (non-hydrogen) atoms. The van der Waals surface area contributed by atoms with Crippen LogP contribution in [0.25, 0.3) is 0 Å². The average molecular weight is 204 g/mol. The van der Waals surface area contributed by atoms with Crippen molar-refractivity contribution in [1.82, 2.24) is 0 Å². The van der Waals surface area contributed by atoms with E-state index in [0.29, 0.717) is 6.42 Å². The van der Waals surface area contributed by atoms with Crippen LogP contribution in [0.4, 0.5) is 5.69 Å². The molecule has 0 spiro atoms. The topological polar surface area (TPSA) is 46.3 Å². The molecule has 1 atom stereocenters. The van der Waals surface area contributed by atoms with Gasteiger partial charge in [0.05, 0.1) is 0 Å². The number of hydrogen-bond acceptors (Lipinski definition) is 2. The third-order valence-electron chi connectivity index (χ3n) is 2.89. The van der Waals surface area contributed by atoms with Crippen molar-refractivity contribution >= 4 is 11.6 Å². The molecule has 0 aliphatic carbocycles. The number of anilines is 1. The highest BCUT2D eigenvalue weighted by Crippen LogP contribution is 2.32. The number of benzene rings is 1. The molecule has 1 aromatic carbocycles. The molecular weight excluding hydrogens is 188 g/mol. The summed E-state index contributed by atoms with van der Waals surface area (Å²) >= 11 is 0. The molecule has 0 fully saturated rings. The van der Waals surface area contributed by atoms with Crippen LogP contribution in [0.2, 0.25) is 0 Å². The third kappa shape index (κ3) is 1.75. The zero-order valence-electron chi connectivity index (χ0n) is 8.94. The van der Waals surface area contributed by atoms with Crippen molar-refractivity contribution in [3.63, 3.8) is 0 Å². The Labute approximate surface area is 89.9 Å². The smallest absolute Gasteiger partial charge is 0.226 e. The number of rotatable bonds is 1. The minimum Gasteiger partial charge on any atom is -0.324 e. The molecule has 2 rings (SSSR count). The highest BCUT2D eigenvalue weighted by Gasteiger charge is 2.25. The standard InChI is InChI=1S/C12H16N2O/c1-2-12(15)14-8-7-10(13)9-5-3-4-6-11(9)14/h3-6,10H,2,7-8,13H2,1H3. The zero-order valence-corrected chi connectivity index (χ0v) is 8.94. The van der Waals surface area contributed by atoms with Crippen LogP contribution in [0.3, 0.4) is 0 Å². The molecule has 3 heteroatoms. The first kappa shape index (κ1) is 10.2. The summed E-state index contributed by atoms with van der Waals surface area (Å²) in [5.41, 5.74) is 8.09. The van der Waals surface area contributed by atoms with Crippen LogP contribution in [0.5, 0.6) is 0 Å². The third-order valence-corrected chi connectivity index (χ3v) is 2.89. The molecule has 3 nitrogen and oxygen atoms in total. The lowest BCUT2D eigenvalue weighted by Crippen LogP contribution is -2.37. The van der Waals surface area contributed by atoms with E-state index in [0.717, 1.165) is 24.2 Å². The van der Waals surface area contributed by atoms with Crippen LogP contribution in [-0.2, 0) is 4.79 Å². The molecule has 1 aliphatic heterocycles. The summed E-state index contributed by atoms with van der Waals surface area (Å²) in [6.07, 6.45) is 1.40. The summed E-state index contributed by atoms with van der Waals surface area (Å²) in [4.78, 5) is 13.6. The van der Waals surface area contributed by atoms with Crippen molar-refractivity contribution in [2.45, 2.75) is 25.8 Å². The Morgan fingerprint density at radius 1 is 1.53 bits per heavy atom. The molecule has 80 valence electrons. The number of nitrogens with two attached hydrogens (primary N) is 1. The Morgan fingerprint density at radius 2 is 2.27 bits per heavy atom. The Hall–Kier alpha value is -1.35. The van der Waals surface area contributed by atoms with Crippen LogP contribution >= 0.6 is 0 Å². The minimum atomic E-state index is 0.0714. The Bertz CT molecular complexity index is 376. The first-order valence-corrected chi connectivity index (χ1v) is 5.39. The van der Waals surface area contributed by atoms with Gasteiger partial charge < -0.3 is 10.6 Å². The number of hydrogen-bond donors (Lipinski definition) is 1. The predicted octanol–water partition coefficient (Wildman–Crippen LogP) is 1.83. The van der Waals surface area contributed by atoms with Gasteiger partial charge in [-0.2, -0.15) is 0 Å². The SMILES string of the molecule is CCC(=O)N1CCC(N)c2ccccc21. The molecule has 0 bridgehead atoms. The van der Waals surface area contributed by atoms with Crippen molar-refractivity contribution in [2.75, 3.05) is 11.4 Å². The maximum atomic E-state index is 11.7. The summed E-state index contributed by atoms with van der Waals surface area (Å²) in [5, 5.41) is 0. The Kier molecular flexibility index (Phi) is 2.73. The maximum Gasteiger partial charge on any atom is 0.226 e. The van der Waals surface area contributed by atoms with E-state index in [1.807, 2.05) is 36.1 Å². The number of para-hydroxylation sites is 1. The predicted molar refractivity (Wildman–Crippen MR) is 60.6 cm³/mol. The molecule has 2 N–H and O–H groups in total. The summed E-state index contributed by atoms with van der Waals surface area (Å²) in [6.45, 7) is 2.63. The molecule has 1 aromatic rings. The zero-order chi connectivity index (χ0) is 10.8. The lowest BCUT2D eigenvalue weighted by Gasteiger charge is -2.32. The van der Waals surface area contributed by atoms with Crippen molar-refractivity contribution in [2.24, 2.45) is 5.73 Å². The van der Waals surface area contributed by atoms with E-state index in [9.17, 15) is 4.79 Å². The lowest BCUT2D eigenvalue weighted by atomic mass is 9.97. The van der Waals surface area contributed by atoms with E-state index < -0.39 is 0 Å². The molecule has 1 amide bonds. The molecule has 1 unspecified atom stereocenters. The van der Waals surface area contributed by atoms with Crippen molar-refractivity contribution < 1.29 is 4.79 Å². The fourth-order valence-corrected chi connectivity index (χ4v) is 2.04. The quantitative estimate of drug-likeness (QED) is 0.758. The molecule has 0 radical (unpaired) electrons. The van der Waals surface area contributed by atoms with Gasteiger partial charge in [0.1, 0.15) is 0 Å². The summed E-state index contributed by atoms with van der Waals surface area (Å²) in [7, 11) is 0. The number of carbonyl (C=O) groups excluding carboxylic acids is 1. The first-order chi connectivity index (χ1) is 7.24. The van der Waals surface area contributed by atoms with Gasteiger partial charge in [0.25, 0.3) is 0 Å². The Balaban J connectivity index is 2.40. The van der Waals surface area contributed by atoms with Gasteiger partial charge in [-0.15, -0.1) is 0 Å². The van der Waals surface area contributed by atoms with Gasteiger partial charge in [-0.1, -0.05) is 25.1 Å². The van der Waals surface area contributed by atoms with Crippen molar-refractivity contribution in [1.29, 1.82) is 0 Å². The molecule has 0 aromatic heterocycles. The van der Waals surface area contributed by atoms with Gasteiger partial charge in [0, 0.05) is 24.7 Å².